The zero-order valence-corrected chi connectivity index (χ0v) is 15.0. The van der Waals surface area contributed by atoms with Crippen molar-refractivity contribution in [1.29, 1.82) is 0 Å². The molecule has 0 radical (unpaired) electrons. The largest absolute Gasteiger partial charge is 0.422 e. The molecule has 0 spiro atoms. The van der Waals surface area contributed by atoms with Gasteiger partial charge in [0.2, 0.25) is 0 Å². The summed E-state index contributed by atoms with van der Waals surface area (Å²) in [6, 6.07) is 14.5. The Balaban J connectivity index is 2.05. The van der Waals surface area contributed by atoms with Gasteiger partial charge in [0, 0.05) is 28.0 Å². The van der Waals surface area contributed by atoms with Gasteiger partial charge in [0.05, 0.1) is 16.6 Å². The van der Waals surface area contributed by atoms with E-state index >= 15 is 0 Å². The number of fused-ring (bicyclic) bond motifs is 4. The molecule has 132 valence electrons. The molecule has 27 heavy (non-hydrogen) atoms. The second kappa shape index (κ2) is 6.03. The van der Waals surface area contributed by atoms with Gasteiger partial charge >= 0.3 is 5.63 Å². The molecule has 2 aromatic heterocycles. The Morgan fingerprint density at radius 2 is 1.81 bits per heavy atom. The number of pyridine rings is 1. The summed E-state index contributed by atoms with van der Waals surface area (Å²) in [6.45, 7) is 0. The lowest BCUT2D eigenvalue weighted by Gasteiger charge is -2.20. The van der Waals surface area contributed by atoms with E-state index in [-0.39, 0.29) is 5.78 Å². The van der Waals surface area contributed by atoms with Crippen molar-refractivity contribution >= 4 is 39.3 Å². The number of nitrogens with zero attached hydrogens (tertiary/aromatic N) is 1. The number of hydrogen-bond donors (Lipinski definition) is 0. The fourth-order valence-corrected chi connectivity index (χ4v) is 4.08. The van der Waals surface area contributed by atoms with Crippen LogP contribution in [-0.2, 0) is 6.42 Å². The number of hydrogen-bond acceptors (Lipinski definition) is 4. The second-order valence-corrected chi connectivity index (χ2v) is 7.14. The molecule has 1 aliphatic rings. The highest BCUT2D eigenvalue weighted by molar-refractivity contribution is 6.31. The van der Waals surface area contributed by atoms with Gasteiger partial charge in [-0.3, -0.25) is 9.78 Å². The monoisotopic (exact) mass is 375 g/mol. The van der Waals surface area contributed by atoms with Crippen molar-refractivity contribution in [3.63, 3.8) is 0 Å². The van der Waals surface area contributed by atoms with Gasteiger partial charge in [-0.25, -0.2) is 4.79 Å². The first kappa shape index (κ1) is 16.2. The van der Waals surface area contributed by atoms with Gasteiger partial charge in [0.15, 0.2) is 5.78 Å². The van der Waals surface area contributed by atoms with Crippen molar-refractivity contribution in [2.24, 2.45) is 0 Å². The maximum atomic E-state index is 12.9. The summed E-state index contributed by atoms with van der Waals surface area (Å²) >= 11 is 6.20. The summed E-state index contributed by atoms with van der Waals surface area (Å²) < 4.78 is 5.55. The number of para-hydroxylation sites is 1. The van der Waals surface area contributed by atoms with Crippen LogP contribution in [0.15, 0.2) is 57.7 Å². The second-order valence-electron chi connectivity index (χ2n) is 6.70. The van der Waals surface area contributed by atoms with E-state index in [0.29, 0.717) is 45.5 Å². The number of benzene rings is 2. The predicted octanol–water partition coefficient (Wildman–Crippen LogP) is 5.18. The van der Waals surface area contributed by atoms with Crippen LogP contribution in [0.25, 0.3) is 33.0 Å². The Morgan fingerprint density at radius 3 is 2.67 bits per heavy atom. The zero-order chi connectivity index (χ0) is 18.5. The molecule has 0 amide bonds. The molecule has 0 unspecified atom stereocenters. The molecule has 4 aromatic rings. The first-order valence-corrected chi connectivity index (χ1v) is 9.19. The van der Waals surface area contributed by atoms with Crippen LogP contribution in [0.4, 0.5) is 0 Å². The molecular weight excluding hydrogens is 362 g/mol. The van der Waals surface area contributed by atoms with Crippen LogP contribution < -0.4 is 5.63 Å². The van der Waals surface area contributed by atoms with Crippen LogP contribution in [0.2, 0.25) is 5.02 Å². The van der Waals surface area contributed by atoms with Gasteiger partial charge in [0.25, 0.3) is 0 Å². The van der Waals surface area contributed by atoms with Crippen LogP contribution in [0, 0.1) is 0 Å². The number of ketones is 1. The minimum absolute atomic E-state index is 0.00758. The molecule has 0 atom stereocenters. The summed E-state index contributed by atoms with van der Waals surface area (Å²) in [5.74, 6) is 0.00758. The van der Waals surface area contributed by atoms with Crippen molar-refractivity contribution < 1.29 is 9.21 Å². The number of aryl methyl sites for hydroxylation is 1. The average Bonchev–Trinajstić information content (AvgIpc) is 2.67. The number of aromatic nitrogens is 1. The number of rotatable bonds is 1. The third kappa shape index (κ3) is 2.48. The number of Topliss-reactive ketones (excluding diaryl/α,β-unsaturated/α-hetero) is 1. The highest BCUT2D eigenvalue weighted by atomic mass is 35.5. The molecule has 4 nitrogen and oxygen atoms in total. The van der Waals surface area contributed by atoms with Crippen LogP contribution in [-0.4, -0.2) is 10.8 Å². The molecule has 0 fully saturated rings. The smallest absolute Gasteiger partial charge is 0.346 e. The summed E-state index contributed by atoms with van der Waals surface area (Å²) in [5.41, 5.74) is 3.15. The topological polar surface area (TPSA) is 60.2 Å². The predicted molar refractivity (Wildman–Crippen MR) is 105 cm³/mol. The molecule has 0 bridgehead atoms. The summed E-state index contributed by atoms with van der Waals surface area (Å²) in [4.78, 5) is 30.4. The fourth-order valence-electron chi connectivity index (χ4n) is 3.89. The van der Waals surface area contributed by atoms with E-state index in [9.17, 15) is 9.59 Å². The number of carbonyl (C=O) groups is 1. The standard InChI is InChI=1S/C22H14ClNO3/c23-13-6-3-5-12(11-13)18-19-15(8-4-9-16(19)25)24-21-14-7-1-2-10-17(14)27-22(26)20(18)21/h1-3,5-7,10-11H,4,8-9H2. The van der Waals surface area contributed by atoms with Crippen molar-refractivity contribution in [2.45, 2.75) is 19.3 Å². The van der Waals surface area contributed by atoms with Gasteiger partial charge in [-0.2, -0.15) is 0 Å². The lowest BCUT2D eigenvalue weighted by Crippen LogP contribution is -2.17. The van der Waals surface area contributed by atoms with Crippen LogP contribution in [0.5, 0.6) is 0 Å². The minimum Gasteiger partial charge on any atom is -0.422 e. The Bertz CT molecular complexity index is 1310. The fraction of sp³-hybridized carbons (Fsp3) is 0.136. The third-order valence-corrected chi connectivity index (χ3v) is 5.27. The van der Waals surface area contributed by atoms with Gasteiger partial charge in [-0.1, -0.05) is 35.9 Å². The third-order valence-electron chi connectivity index (χ3n) is 5.03. The Morgan fingerprint density at radius 1 is 0.963 bits per heavy atom. The van der Waals surface area contributed by atoms with Crippen molar-refractivity contribution in [3.05, 3.63) is 75.2 Å². The molecule has 1 aliphatic carbocycles. The summed E-state index contributed by atoms with van der Waals surface area (Å²) in [5, 5.41) is 1.64. The van der Waals surface area contributed by atoms with Crippen molar-refractivity contribution in [1.82, 2.24) is 4.98 Å². The maximum absolute atomic E-state index is 12.9. The molecule has 2 aromatic carbocycles. The van der Waals surface area contributed by atoms with Crippen LogP contribution in [0.1, 0.15) is 28.9 Å². The quantitative estimate of drug-likeness (QED) is 0.339. The first-order valence-electron chi connectivity index (χ1n) is 8.81. The van der Waals surface area contributed by atoms with Gasteiger partial charge in [-0.15, -0.1) is 0 Å². The summed E-state index contributed by atoms with van der Waals surface area (Å²) in [7, 11) is 0. The molecule has 0 aliphatic heterocycles. The summed E-state index contributed by atoms with van der Waals surface area (Å²) in [6.07, 6.45) is 1.92. The Hall–Kier alpha value is -2.98. The van der Waals surface area contributed by atoms with E-state index in [1.54, 1.807) is 18.2 Å². The molecule has 0 saturated carbocycles. The van der Waals surface area contributed by atoms with Crippen LogP contribution in [0.3, 0.4) is 0 Å². The minimum atomic E-state index is -0.493. The normalized spacial score (nSPS) is 13.9. The van der Waals surface area contributed by atoms with Crippen LogP contribution >= 0.6 is 11.6 Å². The highest BCUT2D eigenvalue weighted by Gasteiger charge is 2.27. The molecular formula is C22H14ClNO3. The maximum Gasteiger partial charge on any atom is 0.346 e. The van der Waals surface area contributed by atoms with Crippen molar-refractivity contribution in [2.75, 3.05) is 0 Å². The first-order chi connectivity index (χ1) is 13.1. The van der Waals surface area contributed by atoms with Crippen molar-refractivity contribution in [3.8, 4) is 11.1 Å². The van der Waals surface area contributed by atoms with E-state index in [1.807, 2.05) is 30.3 Å². The number of halogens is 1. The van der Waals surface area contributed by atoms with E-state index in [0.717, 1.165) is 23.1 Å². The molecule has 5 heteroatoms. The lowest BCUT2D eigenvalue weighted by atomic mass is 9.86. The zero-order valence-electron chi connectivity index (χ0n) is 14.3. The number of carbonyl (C=O) groups excluding carboxylic acids is 1. The van der Waals surface area contributed by atoms with E-state index < -0.39 is 5.63 Å². The molecule has 2 heterocycles. The Labute approximate surface area is 159 Å². The SMILES string of the molecule is O=C1CCCc2nc3c(c(-c4cccc(Cl)c4)c21)c(=O)oc1ccccc13. The van der Waals surface area contributed by atoms with E-state index in [4.69, 9.17) is 21.0 Å². The van der Waals surface area contributed by atoms with E-state index in [1.165, 1.54) is 0 Å². The lowest BCUT2D eigenvalue weighted by molar-refractivity contribution is 0.0972. The molecule has 0 saturated heterocycles. The van der Waals surface area contributed by atoms with Gasteiger partial charge in [0.1, 0.15) is 5.58 Å². The van der Waals surface area contributed by atoms with Gasteiger partial charge in [-0.05, 0) is 42.7 Å². The Kier molecular flexibility index (Phi) is 3.62. The van der Waals surface area contributed by atoms with Gasteiger partial charge < -0.3 is 4.42 Å². The molecule has 5 rings (SSSR count). The van der Waals surface area contributed by atoms with E-state index in [2.05, 4.69) is 0 Å². The highest BCUT2D eigenvalue weighted by Crippen LogP contribution is 2.37. The average molecular weight is 376 g/mol. The molecule has 0 N–H and O–H groups in total.